The molecule has 1 saturated carbocycles. The minimum atomic E-state index is 0.223. The zero-order chi connectivity index (χ0) is 10.7. The van der Waals surface area contributed by atoms with E-state index in [4.69, 9.17) is 10.9 Å². The Balaban J connectivity index is 2.03. The van der Waals surface area contributed by atoms with Crippen molar-refractivity contribution >= 4 is 5.84 Å². The molecule has 0 aromatic carbocycles. The van der Waals surface area contributed by atoms with Gasteiger partial charge in [0, 0.05) is 12.6 Å². The van der Waals surface area contributed by atoms with E-state index >= 15 is 0 Å². The molecule has 1 aromatic rings. The summed E-state index contributed by atoms with van der Waals surface area (Å²) in [6, 6.07) is 0.547. The highest BCUT2D eigenvalue weighted by Crippen LogP contribution is 2.28. The summed E-state index contributed by atoms with van der Waals surface area (Å²) in [5, 5.41) is 15.7. The molecule has 0 spiro atoms. The van der Waals surface area contributed by atoms with Crippen LogP contribution in [0.4, 0.5) is 0 Å². The van der Waals surface area contributed by atoms with Crippen molar-refractivity contribution in [2.24, 2.45) is 10.9 Å². The molecule has 5 nitrogen and oxygen atoms in total. The van der Waals surface area contributed by atoms with Crippen molar-refractivity contribution in [3.8, 4) is 0 Å². The maximum absolute atomic E-state index is 8.45. The first-order valence-electron chi connectivity index (χ1n) is 5.29. The molecule has 0 atom stereocenters. The van der Waals surface area contributed by atoms with Crippen molar-refractivity contribution in [2.75, 3.05) is 0 Å². The van der Waals surface area contributed by atoms with Gasteiger partial charge in [0.05, 0.1) is 12.2 Å². The molecule has 0 aliphatic heterocycles. The van der Waals surface area contributed by atoms with Crippen molar-refractivity contribution in [2.45, 2.75) is 38.1 Å². The lowest BCUT2D eigenvalue weighted by atomic mass is 10.2. The lowest BCUT2D eigenvalue weighted by molar-refractivity contribution is 0.317. The Morgan fingerprint density at radius 2 is 2.33 bits per heavy atom. The maximum atomic E-state index is 8.45. The van der Waals surface area contributed by atoms with Crippen LogP contribution in [0.25, 0.3) is 0 Å². The van der Waals surface area contributed by atoms with Crippen molar-refractivity contribution in [1.82, 2.24) is 9.78 Å². The summed E-state index contributed by atoms with van der Waals surface area (Å²) in [5.74, 6) is 0.223. The monoisotopic (exact) mass is 208 g/mol. The quantitative estimate of drug-likeness (QED) is 0.340. The third-order valence-corrected chi connectivity index (χ3v) is 2.87. The van der Waals surface area contributed by atoms with Gasteiger partial charge in [0.2, 0.25) is 0 Å². The van der Waals surface area contributed by atoms with Crippen LogP contribution >= 0.6 is 0 Å². The molecular formula is C10H16N4O. The van der Waals surface area contributed by atoms with Gasteiger partial charge in [-0.3, -0.25) is 4.68 Å². The summed E-state index contributed by atoms with van der Waals surface area (Å²) >= 11 is 0. The van der Waals surface area contributed by atoms with Gasteiger partial charge in [-0.2, -0.15) is 5.10 Å². The minimum absolute atomic E-state index is 0.223. The molecule has 82 valence electrons. The molecule has 1 aromatic heterocycles. The van der Waals surface area contributed by atoms with E-state index in [0.29, 0.717) is 12.5 Å². The largest absolute Gasteiger partial charge is 0.409 e. The molecule has 0 amide bonds. The van der Waals surface area contributed by atoms with Crippen molar-refractivity contribution < 1.29 is 5.21 Å². The predicted molar refractivity (Wildman–Crippen MR) is 56.8 cm³/mol. The Morgan fingerprint density at radius 3 is 3.00 bits per heavy atom. The normalized spacial score (nSPS) is 18.5. The molecule has 15 heavy (non-hydrogen) atoms. The number of oxime groups is 1. The zero-order valence-corrected chi connectivity index (χ0v) is 8.63. The van der Waals surface area contributed by atoms with Gasteiger partial charge in [-0.25, -0.2) is 0 Å². The van der Waals surface area contributed by atoms with Crippen LogP contribution < -0.4 is 5.73 Å². The first-order valence-corrected chi connectivity index (χ1v) is 5.29. The molecular weight excluding hydrogens is 192 g/mol. The number of amidine groups is 1. The number of rotatable bonds is 3. The van der Waals surface area contributed by atoms with Crippen LogP contribution in [0.1, 0.15) is 37.3 Å². The van der Waals surface area contributed by atoms with Gasteiger partial charge in [-0.05, 0) is 18.4 Å². The van der Waals surface area contributed by atoms with Crippen molar-refractivity contribution in [3.05, 3.63) is 18.0 Å². The average Bonchev–Trinajstić information content (AvgIpc) is 2.85. The molecule has 0 radical (unpaired) electrons. The van der Waals surface area contributed by atoms with Crippen LogP contribution in [-0.2, 0) is 6.42 Å². The fourth-order valence-electron chi connectivity index (χ4n) is 2.08. The van der Waals surface area contributed by atoms with Gasteiger partial charge in [0.1, 0.15) is 5.84 Å². The lowest BCUT2D eigenvalue weighted by Gasteiger charge is -2.08. The summed E-state index contributed by atoms with van der Waals surface area (Å²) in [6.07, 6.45) is 9.25. The zero-order valence-electron chi connectivity index (χ0n) is 8.63. The Labute approximate surface area is 88.6 Å². The molecule has 1 aliphatic rings. The highest BCUT2D eigenvalue weighted by Gasteiger charge is 2.17. The summed E-state index contributed by atoms with van der Waals surface area (Å²) in [7, 11) is 0. The van der Waals surface area contributed by atoms with Crippen LogP contribution in [0.5, 0.6) is 0 Å². The molecule has 1 heterocycles. The smallest absolute Gasteiger partial charge is 0.143 e. The van der Waals surface area contributed by atoms with E-state index in [-0.39, 0.29) is 5.84 Å². The second-order valence-electron chi connectivity index (χ2n) is 4.03. The van der Waals surface area contributed by atoms with Gasteiger partial charge in [0.25, 0.3) is 0 Å². The predicted octanol–water partition coefficient (Wildman–Crippen LogP) is 1.29. The topological polar surface area (TPSA) is 76.4 Å². The highest BCUT2D eigenvalue weighted by atomic mass is 16.4. The minimum Gasteiger partial charge on any atom is -0.409 e. The molecule has 0 bridgehead atoms. The van der Waals surface area contributed by atoms with Crippen molar-refractivity contribution in [3.63, 3.8) is 0 Å². The molecule has 1 aliphatic carbocycles. The van der Waals surface area contributed by atoms with Crippen LogP contribution in [0, 0.1) is 0 Å². The Hall–Kier alpha value is -1.52. The molecule has 5 heteroatoms. The molecule has 0 unspecified atom stereocenters. The van der Waals surface area contributed by atoms with Gasteiger partial charge < -0.3 is 10.9 Å². The first-order chi connectivity index (χ1) is 7.29. The van der Waals surface area contributed by atoms with Gasteiger partial charge >= 0.3 is 0 Å². The number of hydrogen-bond acceptors (Lipinski definition) is 3. The standard InChI is InChI=1S/C10H16N4O/c11-10(13-15)5-8-6-12-14(7-8)9-3-1-2-4-9/h6-7,9,15H,1-5H2,(H2,11,13). The van der Waals surface area contributed by atoms with E-state index in [1.54, 1.807) is 6.20 Å². The van der Waals surface area contributed by atoms with Crippen LogP contribution in [0.2, 0.25) is 0 Å². The fraction of sp³-hybridized carbons (Fsp3) is 0.600. The SMILES string of the molecule is N/C(Cc1cnn(C2CCCC2)c1)=N\O. The number of nitrogens with zero attached hydrogens (tertiary/aromatic N) is 3. The Kier molecular flexibility index (Phi) is 2.89. The molecule has 0 saturated heterocycles. The third kappa shape index (κ3) is 2.29. The van der Waals surface area contributed by atoms with E-state index in [1.807, 2.05) is 10.9 Å². The number of nitrogens with two attached hydrogens (primary N) is 1. The Morgan fingerprint density at radius 1 is 1.60 bits per heavy atom. The van der Waals surface area contributed by atoms with Crippen molar-refractivity contribution in [1.29, 1.82) is 0 Å². The first kappa shape index (κ1) is 10.0. The summed E-state index contributed by atoms with van der Waals surface area (Å²) in [4.78, 5) is 0. The van der Waals surface area contributed by atoms with Gasteiger partial charge in [-0.1, -0.05) is 18.0 Å². The van der Waals surface area contributed by atoms with E-state index in [9.17, 15) is 0 Å². The van der Waals surface area contributed by atoms with Gasteiger partial charge in [-0.15, -0.1) is 0 Å². The van der Waals surface area contributed by atoms with Crippen LogP contribution in [0.15, 0.2) is 17.5 Å². The van der Waals surface area contributed by atoms with E-state index in [2.05, 4.69) is 10.3 Å². The molecule has 1 fully saturated rings. The second kappa shape index (κ2) is 4.33. The van der Waals surface area contributed by atoms with E-state index in [0.717, 1.165) is 5.56 Å². The number of hydrogen-bond donors (Lipinski definition) is 2. The van der Waals surface area contributed by atoms with Crippen LogP contribution in [-0.4, -0.2) is 20.8 Å². The lowest BCUT2D eigenvalue weighted by Crippen LogP contribution is -2.14. The summed E-state index contributed by atoms with van der Waals surface area (Å²) < 4.78 is 2.01. The molecule has 2 rings (SSSR count). The average molecular weight is 208 g/mol. The van der Waals surface area contributed by atoms with Gasteiger partial charge in [0.15, 0.2) is 0 Å². The summed E-state index contributed by atoms with van der Waals surface area (Å²) in [6.45, 7) is 0. The number of aromatic nitrogens is 2. The second-order valence-corrected chi connectivity index (χ2v) is 4.03. The summed E-state index contributed by atoms with van der Waals surface area (Å²) in [5.41, 5.74) is 6.43. The Bertz CT molecular complexity index is 352. The fourth-order valence-corrected chi connectivity index (χ4v) is 2.08. The highest BCUT2D eigenvalue weighted by molar-refractivity contribution is 5.81. The third-order valence-electron chi connectivity index (χ3n) is 2.87. The van der Waals surface area contributed by atoms with E-state index in [1.165, 1.54) is 25.7 Å². The van der Waals surface area contributed by atoms with E-state index < -0.39 is 0 Å². The molecule has 3 N–H and O–H groups in total. The van der Waals surface area contributed by atoms with Crippen LogP contribution in [0.3, 0.4) is 0 Å². The maximum Gasteiger partial charge on any atom is 0.143 e.